The number of methoxy groups -OCH3 is 1. The zero-order chi connectivity index (χ0) is 13.0. The van der Waals surface area contributed by atoms with Gasteiger partial charge >= 0.3 is 6.01 Å². The molecule has 1 aromatic rings. The topological polar surface area (TPSA) is 72.0 Å². The second kappa shape index (κ2) is 6.08. The van der Waals surface area contributed by atoms with E-state index >= 15 is 0 Å². The number of rotatable bonds is 5. The van der Waals surface area contributed by atoms with Crippen LogP contribution in [0.1, 0.15) is 19.3 Å². The summed E-state index contributed by atoms with van der Waals surface area (Å²) in [7, 11) is 3.33. The number of aromatic nitrogens is 3. The monoisotopic (exact) mass is 269 g/mol. The zero-order valence-corrected chi connectivity index (χ0v) is 11.8. The van der Waals surface area contributed by atoms with Gasteiger partial charge in [0.25, 0.3) is 0 Å². The van der Waals surface area contributed by atoms with Gasteiger partial charge in [-0.15, -0.1) is 0 Å². The SMILES string of the molecule is CNc1nc(NC2CCCC2SC)nc(OC)n1. The van der Waals surface area contributed by atoms with Crippen LogP contribution in [0, 0.1) is 0 Å². The molecule has 1 aliphatic carbocycles. The van der Waals surface area contributed by atoms with Crippen molar-refractivity contribution in [2.45, 2.75) is 30.6 Å². The van der Waals surface area contributed by atoms with Crippen molar-refractivity contribution in [3.8, 4) is 6.01 Å². The quantitative estimate of drug-likeness (QED) is 0.841. The van der Waals surface area contributed by atoms with Gasteiger partial charge in [0, 0.05) is 18.3 Å². The van der Waals surface area contributed by atoms with Gasteiger partial charge in [-0.25, -0.2) is 0 Å². The Morgan fingerprint density at radius 3 is 2.67 bits per heavy atom. The summed E-state index contributed by atoms with van der Waals surface area (Å²) < 4.78 is 5.07. The highest BCUT2D eigenvalue weighted by atomic mass is 32.2. The fraction of sp³-hybridized carbons (Fsp3) is 0.727. The Hall–Kier alpha value is -1.24. The van der Waals surface area contributed by atoms with Crippen LogP contribution in [0.25, 0.3) is 0 Å². The lowest BCUT2D eigenvalue weighted by atomic mass is 10.2. The minimum Gasteiger partial charge on any atom is -0.467 e. The van der Waals surface area contributed by atoms with E-state index in [9.17, 15) is 0 Å². The Balaban J connectivity index is 2.12. The van der Waals surface area contributed by atoms with Gasteiger partial charge in [-0.3, -0.25) is 0 Å². The lowest BCUT2D eigenvalue weighted by Gasteiger charge is -2.19. The molecule has 1 aromatic heterocycles. The molecule has 0 spiro atoms. The van der Waals surface area contributed by atoms with Crippen LogP contribution in [0.5, 0.6) is 6.01 Å². The first-order valence-electron chi connectivity index (χ1n) is 6.04. The first-order chi connectivity index (χ1) is 8.76. The zero-order valence-electron chi connectivity index (χ0n) is 10.9. The predicted octanol–water partition coefficient (Wildman–Crippen LogP) is 1.62. The Labute approximate surface area is 111 Å². The molecule has 18 heavy (non-hydrogen) atoms. The highest BCUT2D eigenvalue weighted by molar-refractivity contribution is 7.99. The van der Waals surface area contributed by atoms with Crippen molar-refractivity contribution >= 4 is 23.7 Å². The summed E-state index contributed by atoms with van der Waals surface area (Å²) in [5.74, 6) is 1.10. The van der Waals surface area contributed by atoms with Crippen LogP contribution >= 0.6 is 11.8 Å². The third-order valence-corrected chi connectivity index (χ3v) is 4.26. The molecule has 0 amide bonds. The maximum atomic E-state index is 5.07. The molecule has 6 nitrogen and oxygen atoms in total. The van der Waals surface area contributed by atoms with Gasteiger partial charge in [0.15, 0.2) is 0 Å². The fourth-order valence-corrected chi connectivity index (χ4v) is 3.10. The van der Waals surface area contributed by atoms with Gasteiger partial charge < -0.3 is 15.4 Å². The molecular weight excluding hydrogens is 250 g/mol. The van der Waals surface area contributed by atoms with Gasteiger partial charge in [0.2, 0.25) is 11.9 Å². The Morgan fingerprint density at radius 1 is 1.22 bits per heavy atom. The number of nitrogens with one attached hydrogen (secondary N) is 2. The van der Waals surface area contributed by atoms with Crippen LogP contribution in [0.15, 0.2) is 0 Å². The molecule has 2 N–H and O–H groups in total. The maximum Gasteiger partial charge on any atom is 0.322 e. The molecule has 0 aromatic carbocycles. The Morgan fingerprint density at radius 2 is 2.00 bits per heavy atom. The van der Waals surface area contributed by atoms with Crippen LogP contribution in [-0.4, -0.2) is 46.7 Å². The van der Waals surface area contributed by atoms with Gasteiger partial charge in [-0.1, -0.05) is 6.42 Å². The molecule has 1 aliphatic rings. The summed E-state index contributed by atoms with van der Waals surface area (Å²) in [4.78, 5) is 12.6. The fourth-order valence-electron chi connectivity index (χ4n) is 2.16. The predicted molar refractivity (Wildman–Crippen MR) is 74.5 cm³/mol. The molecule has 2 rings (SSSR count). The normalized spacial score (nSPS) is 22.8. The summed E-state index contributed by atoms with van der Waals surface area (Å²) in [6.07, 6.45) is 5.82. The number of hydrogen-bond donors (Lipinski definition) is 2. The molecule has 1 fully saturated rings. The van der Waals surface area contributed by atoms with Crippen molar-refractivity contribution in [2.24, 2.45) is 0 Å². The summed E-state index contributed by atoms with van der Waals surface area (Å²) in [5.41, 5.74) is 0. The number of ether oxygens (including phenoxy) is 1. The molecule has 2 atom stereocenters. The van der Waals surface area contributed by atoms with E-state index in [0.717, 1.165) is 6.42 Å². The first-order valence-corrected chi connectivity index (χ1v) is 7.32. The van der Waals surface area contributed by atoms with E-state index < -0.39 is 0 Å². The van der Waals surface area contributed by atoms with Gasteiger partial charge in [0.05, 0.1) is 7.11 Å². The van der Waals surface area contributed by atoms with E-state index in [1.807, 2.05) is 11.8 Å². The molecule has 7 heteroatoms. The van der Waals surface area contributed by atoms with Crippen molar-refractivity contribution in [1.82, 2.24) is 15.0 Å². The van der Waals surface area contributed by atoms with Crippen molar-refractivity contribution in [3.05, 3.63) is 0 Å². The van der Waals surface area contributed by atoms with Crippen molar-refractivity contribution in [1.29, 1.82) is 0 Å². The highest BCUT2D eigenvalue weighted by Crippen LogP contribution is 2.30. The lowest BCUT2D eigenvalue weighted by Crippen LogP contribution is -2.27. The standard InChI is InChI=1S/C11H19N5OS/c1-12-9-14-10(16-11(15-9)17-2)13-7-5-4-6-8(7)18-3/h7-8H,4-6H2,1-3H3,(H2,12,13,14,15,16). The summed E-state index contributed by atoms with van der Waals surface area (Å²) in [5, 5.41) is 6.92. The molecule has 1 saturated carbocycles. The summed E-state index contributed by atoms with van der Waals surface area (Å²) >= 11 is 1.90. The molecule has 100 valence electrons. The van der Waals surface area contributed by atoms with Crippen LogP contribution < -0.4 is 15.4 Å². The van der Waals surface area contributed by atoms with Crippen molar-refractivity contribution in [2.75, 3.05) is 31.0 Å². The van der Waals surface area contributed by atoms with E-state index in [1.165, 1.54) is 12.8 Å². The smallest absolute Gasteiger partial charge is 0.322 e. The number of anilines is 2. The van der Waals surface area contributed by atoms with Crippen LogP contribution in [-0.2, 0) is 0 Å². The minimum atomic E-state index is 0.329. The third-order valence-electron chi connectivity index (χ3n) is 3.09. The van der Waals surface area contributed by atoms with Crippen LogP contribution in [0.2, 0.25) is 0 Å². The highest BCUT2D eigenvalue weighted by Gasteiger charge is 2.27. The molecule has 2 unspecified atom stereocenters. The second-order valence-electron chi connectivity index (χ2n) is 4.18. The molecule has 0 aliphatic heterocycles. The first kappa shape index (κ1) is 13.2. The van der Waals surface area contributed by atoms with Crippen LogP contribution in [0.3, 0.4) is 0 Å². The molecule has 0 radical (unpaired) electrons. The maximum absolute atomic E-state index is 5.07. The van der Waals surface area contributed by atoms with Crippen molar-refractivity contribution in [3.63, 3.8) is 0 Å². The van der Waals surface area contributed by atoms with E-state index in [4.69, 9.17) is 4.74 Å². The molecule has 0 saturated heterocycles. The Bertz CT molecular complexity index is 381. The van der Waals surface area contributed by atoms with E-state index in [-0.39, 0.29) is 0 Å². The number of hydrogen-bond acceptors (Lipinski definition) is 7. The molecule has 1 heterocycles. The minimum absolute atomic E-state index is 0.329. The lowest BCUT2D eigenvalue weighted by molar-refractivity contribution is 0.379. The van der Waals surface area contributed by atoms with E-state index in [2.05, 4.69) is 31.8 Å². The van der Waals surface area contributed by atoms with Crippen LogP contribution in [0.4, 0.5) is 11.9 Å². The third kappa shape index (κ3) is 2.95. The second-order valence-corrected chi connectivity index (χ2v) is 5.25. The van der Waals surface area contributed by atoms with E-state index in [0.29, 0.717) is 29.2 Å². The molecule has 0 bridgehead atoms. The number of thioether (sulfide) groups is 1. The average molecular weight is 269 g/mol. The molecular formula is C11H19N5OS. The summed E-state index contributed by atoms with van der Waals surface area (Å²) in [6.45, 7) is 0. The van der Waals surface area contributed by atoms with Gasteiger partial charge in [-0.05, 0) is 19.1 Å². The van der Waals surface area contributed by atoms with Gasteiger partial charge in [0.1, 0.15) is 0 Å². The summed E-state index contributed by atoms with van der Waals surface area (Å²) in [6, 6.07) is 0.757. The van der Waals surface area contributed by atoms with E-state index in [1.54, 1.807) is 14.2 Å². The number of nitrogens with zero attached hydrogens (tertiary/aromatic N) is 3. The Kier molecular flexibility index (Phi) is 4.46. The largest absolute Gasteiger partial charge is 0.467 e. The van der Waals surface area contributed by atoms with Gasteiger partial charge in [-0.2, -0.15) is 26.7 Å². The average Bonchev–Trinajstić information content (AvgIpc) is 2.85. The van der Waals surface area contributed by atoms with Crippen molar-refractivity contribution < 1.29 is 4.74 Å².